The van der Waals surface area contributed by atoms with Crippen LogP contribution in [0.3, 0.4) is 0 Å². The first-order valence-electron chi connectivity index (χ1n) is 5.93. The molecule has 4 nitrogen and oxygen atoms in total. The molecule has 3 N–H and O–H groups in total. The first-order valence-corrected chi connectivity index (χ1v) is 9.08. The van der Waals surface area contributed by atoms with Crippen molar-refractivity contribution in [3.8, 4) is 0 Å². The van der Waals surface area contributed by atoms with Crippen LogP contribution in [-0.2, 0) is 16.6 Å². The lowest BCUT2D eigenvalue weighted by molar-refractivity contribution is 0.582. The second-order valence-corrected chi connectivity index (χ2v) is 7.94. The highest BCUT2D eigenvalue weighted by Crippen LogP contribution is 2.23. The van der Waals surface area contributed by atoms with Crippen LogP contribution < -0.4 is 10.5 Å². The third-order valence-corrected chi connectivity index (χ3v) is 6.04. The molecule has 0 aliphatic carbocycles. The van der Waals surface area contributed by atoms with Crippen LogP contribution in [0.4, 0.5) is 0 Å². The molecule has 0 spiro atoms. The molecule has 0 aliphatic rings. The number of nitrogens with one attached hydrogen (secondary N) is 1. The van der Waals surface area contributed by atoms with E-state index in [0.29, 0.717) is 5.56 Å². The molecule has 2 aromatic rings. The topological polar surface area (TPSA) is 72.2 Å². The SMILES string of the molecule is Cc1ccsc1CNS(=O)(=O)c1cc(C(N)=S)ccc1Cl. The Bertz CT molecular complexity index is 784. The molecule has 0 amide bonds. The summed E-state index contributed by atoms with van der Waals surface area (Å²) in [5, 5.41) is 2.05. The summed E-state index contributed by atoms with van der Waals surface area (Å²) in [5.74, 6) is 0. The van der Waals surface area contributed by atoms with E-state index in [0.717, 1.165) is 10.4 Å². The summed E-state index contributed by atoms with van der Waals surface area (Å²) in [5.41, 5.74) is 7.03. The first kappa shape index (κ1) is 16.4. The lowest BCUT2D eigenvalue weighted by atomic mass is 10.2. The van der Waals surface area contributed by atoms with Crippen LogP contribution in [0.1, 0.15) is 16.0 Å². The molecule has 0 saturated carbocycles. The van der Waals surface area contributed by atoms with E-state index < -0.39 is 10.0 Å². The van der Waals surface area contributed by atoms with Crippen molar-refractivity contribution in [1.29, 1.82) is 0 Å². The van der Waals surface area contributed by atoms with Crippen LogP contribution in [-0.4, -0.2) is 13.4 Å². The molecule has 0 atom stereocenters. The normalized spacial score (nSPS) is 11.5. The number of thiocarbonyl (C=S) groups is 1. The smallest absolute Gasteiger partial charge is 0.242 e. The Balaban J connectivity index is 2.29. The number of aryl methyl sites for hydroxylation is 1. The predicted molar refractivity (Wildman–Crippen MR) is 90.4 cm³/mol. The molecule has 0 aliphatic heterocycles. The Morgan fingerprint density at radius 3 is 2.71 bits per heavy atom. The number of hydrogen-bond acceptors (Lipinski definition) is 4. The van der Waals surface area contributed by atoms with E-state index in [-0.39, 0.29) is 21.5 Å². The van der Waals surface area contributed by atoms with Gasteiger partial charge in [0.15, 0.2) is 0 Å². The maximum atomic E-state index is 12.4. The zero-order valence-electron chi connectivity index (χ0n) is 11.1. The van der Waals surface area contributed by atoms with Crippen molar-refractivity contribution in [2.45, 2.75) is 18.4 Å². The minimum atomic E-state index is -3.73. The van der Waals surface area contributed by atoms with Crippen molar-refractivity contribution in [3.63, 3.8) is 0 Å². The van der Waals surface area contributed by atoms with Crippen LogP contribution in [0.2, 0.25) is 5.02 Å². The van der Waals surface area contributed by atoms with Crippen molar-refractivity contribution in [3.05, 3.63) is 50.7 Å². The number of thiophene rings is 1. The summed E-state index contributed by atoms with van der Waals surface area (Å²) in [6.07, 6.45) is 0. The molecular weight excluding hydrogens is 348 g/mol. The van der Waals surface area contributed by atoms with Gasteiger partial charge in [0.1, 0.15) is 9.88 Å². The molecule has 1 aromatic heterocycles. The molecule has 0 saturated heterocycles. The standard InChI is InChI=1S/C13H13ClN2O2S3/c1-8-4-5-20-11(8)7-16-21(17,18)12-6-9(13(15)19)2-3-10(12)14/h2-6,16H,7H2,1H3,(H2,15,19). The van der Waals surface area contributed by atoms with Crippen molar-refractivity contribution < 1.29 is 8.42 Å². The highest BCUT2D eigenvalue weighted by Gasteiger charge is 2.19. The molecule has 0 unspecified atom stereocenters. The number of hydrogen-bond donors (Lipinski definition) is 2. The van der Waals surface area contributed by atoms with Crippen LogP contribution in [0.5, 0.6) is 0 Å². The Labute approximate surface area is 138 Å². The van der Waals surface area contributed by atoms with E-state index in [2.05, 4.69) is 4.72 Å². The molecule has 112 valence electrons. The number of sulfonamides is 1. The second kappa shape index (κ2) is 6.41. The Hall–Kier alpha value is -0.990. The fraction of sp³-hybridized carbons (Fsp3) is 0.154. The molecule has 21 heavy (non-hydrogen) atoms. The Morgan fingerprint density at radius 2 is 2.14 bits per heavy atom. The van der Waals surface area contributed by atoms with Gasteiger partial charge in [-0.15, -0.1) is 11.3 Å². The first-order chi connectivity index (χ1) is 9.81. The summed E-state index contributed by atoms with van der Waals surface area (Å²) in [7, 11) is -3.73. The van der Waals surface area contributed by atoms with Crippen molar-refractivity contribution in [2.75, 3.05) is 0 Å². The van der Waals surface area contributed by atoms with E-state index >= 15 is 0 Å². The quantitative estimate of drug-likeness (QED) is 0.804. The molecule has 0 bridgehead atoms. The van der Waals surface area contributed by atoms with Crippen LogP contribution in [0, 0.1) is 6.92 Å². The van der Waals surface area contributed by atoms with E-state index in [9.17, 15) is 8.42 Å². The molecule has 1 heterocycles. The number of halogens is 1. The maximum Gasteiger partial charge on any atom is 0.242 e. The van der Waals surface area contributed by atoms with Crippen molar-refractivity contribution in [2.24, 2.45) is 5.73 Å². The minimum absolute atomic E-state index is 0.0244. The van der Waals surface area contributed by atoms with E-state index in [1.165, 1.54) is 23.5 Å². The van der Waals surface area contributed by atoms with Gasteiger partial charge in [0.05, 0.1) is 5.02 Å². The molecular formula is C13H13ClN2O2S3. The third-order valence-electron chi connectivity index (χ3n) is 2.90. The molecule has 1 aromatic carbocycles. The maximum absolute atomic E-state index is 12.4. The molecule has 0 radical (unpaired) electrons. The van der Waals surface area contributed by atoms with Crippen LogP contribution >= 0.6 is 35.2 Å². The molecule has 8 heteroatoms. The molecule has 2 rings (SSSR count). The number of nitrogens with two attached hydrogens (primary N) is 1. The van der Waals surface area contributed by atoms with Gasteiger partial charge in [0.2, 0.25) is 10.0 Å². The number of rotatable bonds is 5. The van der Waals surface area contributed by atoms with Crippen LogP contribution in [0.25, 0.3) is 0 Å². The van der Waals surface area contributed by atoms with Gasteiger partial charge < -0.3 is 5.73 Å². The fourth-order valence-corrected chi connectivity index (χ4v) is 4.27. The lowest BCUT2D eigenvalue weighted by Gasteiger charge is -2.09. The van der Waals surface area contributed by atoms with E-state index in [1.54, 1.807) is 6.07 Å². The van der Waals surface area contributed by atoms with Gasteiger partial charge in [-0.1, -0.05) is 29.9 Å². The second-order valence-electron chi connectivity index (χ2n) is 4.36. The summed E-state index contributed by atoms with van der Waals surface area (Å²) >= 11 is 12.3. The zero-order valence-corrected chi connectivity index (χ0v) is 14.3. The fourth-order valence-electron chi connectivity index (χ4n) is 1.69. The average molecular weight is 361 g/mol. The van der Waals surface area contributed by atoms with Gasteiger partial charge in [0, 0.05) is 17.0 Å². The van der Waals surface area contributed by atoms with Crippen molar-refractivity contribution in [1.82, 2.24) is 4.72 Å². The van der Waals surface area contributed by atoms with Gasteiger partial charge >= 0.3 is 0 Å². The monoisotopic (exact) mass is 360 g/mol. The van der Waals surface area contributed by atoms with Crippen LogP contribution in [0.15, 0.2) is 34.5 Å². The average Bonchev–Trinajstić information content (AvgIpc) is 2.82. The predicted octanol–water partition coefficient (Wildman–Crippen LogP) is 2.82. The minimum Gasteiger partial charge on any atom is -0.389 e. The zero-order chi connectivity index (χ0) is 15.6. The summed E-state index contributed by atoms with van der Waals surface area (Å²) in [6, 6.07) is 6.39. The summed E-state index contributed by atoms with van der Waals surface area (Å²) in [6.45, 7) is 2.15. The van der Waals surface area contributed by atoms with E-state index in [1.807, 2.05) is 18.4 Å². The highest BCUT2D eigenvalue weighted by atomic mass is 35.5. The summed E-state index contributed by atoms with van der Waals surface area (Å²) in [4.78, 5) is 1.06. The molecule has 0 fully saturated rings. The van der Waals surface area contributed by atoms with Gasteiger partial charge in [-0.3, -0.25) is 0 Å². The van der Waals surface area contributed by atoms with Gasteiger partial charge in [-0.25, -0.2) is 13.1 Å². The summed E-state index contributed by atoms with van der Waals surface area (Å²) < 4.78 is 27.3. The van der Waals surface area contributed by atoms with E-state index in [4.69, 9.17) is 29.6 Å². The van der Waals surface area contributed by atoms with Gasteiger partial charge in [0.25, 0.3) is 0 Å². The largest absolute Gasteiger partial charge is 0.389 e. The lowest BCUT2D eigenvalue weighted by Crippen LogP contribution is -2.24. The Kier molecular flexibility index (Phi) is 5.00. The highest BCUT2D eigenvalue weighted by molar-refractivity contribution is 7.89. The third kappa shape index (κ3) is 3.81. The number of benzene rings is 1. The van der Waals surface area contributed by atoms with Gasteiger partial charge in [-0.2, -0.15) is 0 Å². The van der Waals surface area contributed by atoms with Gasteiger partial charge in [-0.05, 0) is 36.1 Å². The van der Waals surface area contributed by atoms with Crippen molar-refractivity contribution >= 4 is 50.2 Å². The Morgan fingerprint density at radius 1 is 1.43 bits per heavy atom.